The van der Waals surface area contributed by atoms with E-state index in [2.05, 4.69) is 12.2 Å². The van der Waals surface area contributed by atoms with Crippen LogP contribution in [0, 0.1) is 11.8 Å². The molecule has 1 saturated heterocycles. The van der Waals surface area contributed by atoms with Crippen LogP contribution in [0.3, 0.4) is 0 Å². The van der Waals surface area contributed by atoms with Crippen LogP contribution in [0.15, 0.2) is 0 Å². The average Bonchev–Trinajstić information content (AvgIpc) is 2.77. The van der Waals surface area contributed by atoms with Crippen molar-refractivity contribution in [2.45, 2.75) is 51.2 Å². The number of Topliss-reactive ketones (excluding diaryl/α,β-unsaturated/α-hetero) is 1. The minimum atomic E-state index is 0.0587. The molecule has 3 nitrogen and oxygen atoms in total. The van der Waals surface area contributed by atoms with Crippen molar-refractivity contribution in [3.05, 3.63) is 0 Å². The van der Waals surface area contributed by atoms with E-state index < -0.39 is 0 Å². The SMILES string of the molecule is COC1CNC(C(=O)C2CCC(C)CC2)C1. The van der Waals surface area contributed by atoms with E-state index in [1.807, 2.05) is 0 Å². The molecule has 2 unspecified atom stereocenters. The molecule has 1 aliphatic carbocycles. The highest BCUT2D eigenvalue weighted by Gasteiger charge is 2.34. The molecule has 92 valence electrons. The third kappa shape index (κ3) is 2.64. The van der Waals surface area contributed by atoms with Gasteiger partial charge in [-0.25, -0.2) is 0 Å². The highest BCUT2D eigenvalue weighted by atomic mass is 16.5. The number of hydrogen-bond acceptors (Lipinski definition) is 3. The first-order valence-corrected chi connectivity index (χ1v) is 6.50. The maximum atomic E-state index is 12.3. The lowest BCUT2D eigenvalue weighted by Gasteiger charge is -2.27. The summed E-state index contributed by atoms with van der Waals surface area (Å²) in [6, 6.07) is 0.0587. The monoisotopic (exact) mass is 225 g/mol. The fraction of sp³-hybridized carbons (Fsp3) is 0.923. The molecule has 2 rings (SSSR count). The van der Waals surface area contributed by atoms with E-state index in [0.29, 0.717) is 11.7 Å². The predicted molar refractivity (Wildman–Crippen MR) is 63.3 cm³/mol. The van der Waals surface area contributed by atoms with Crippen LogP contribution in [-0.4, -0.2) is 31.6 Å². The Kier molecular flexibility index (Phi) is 3.98. The summed E-state index contributed by atoms with van der Waals surface area (Å²) in [5.74, 6) is 1.56. The van der Waals surface area contributed by atoms with Gasteiger partial charge in [-0.3, -0.25) is 4.79 Å². The summed E-state index contributed by atoms with van der Waals surface area (Å²) in [7, 11) is 1.72. The van der Waals surface area contributed by atoms with Gasteiger partial charge in [0.25, 0.3) is 0 Å². The third-order valence-corrected chi connectivity index (χ3v) is 4.19. The molecule has 2 atom stereocenters. The number of carbonyl (C=O) groups excluding carboxylic acids is 1. The number of hydrogen-bond donors (Lipinski definition) is 1. The van der Waals surface area contributed by atoms with E-state index in [4.69, 9.17) is 4.74 Å². The Morgan fingerprint density at radius 1 is 1.25 bits per heavy atom. The topological polar surface area (TPSA) is 38.3 Å². The van der Waals surface area contributed by atoms with Gasteiger partial charge in [0.15, 0.2) is 5.78 Å². The largest absolute Gasteiger partial charge is 0.380 e. The van der Waals surface area contributed by atoms with Crippen LogP contribution in [0.1, 0.15) is 39.0 Å². The molecule has 1 heterocycles. The molecule has 0 bridgehead atoms. The van der Waals surface area contributed by atoms with Gasteiger partial charge in [0.05, 0.1) is 12.1 Å². The Morgan fingerprint density at radius 3 is 2.50 bits per heavy atom. The molecule has 0 spiro atoms. The molecule has 2 fully saturated rings. The van der Waals surface area contributed by atoms with Crippen LogP contribution >= 0.6 is 0 Å². The number of rotatable bonds is 3. The second-order valence-electron chi connectivity index (χ2n) is 5.41. The molecular weight excluding hydrogens is 202 g/mol. The summed E-state index contributed by atoms with van der Waals surface area (Å²) in [4.78, 5) is 12.3. The smallest absolute Gasteiger partial charge is 0.152 e. The number of ketones is 1. The van der Waals surface area contributed by atoms with E-state index in [0.717, 1.165) is 31.7 Å². The van der Waals surface area contributed by atoms with Gasteiger partial charge in [-0.2, -0.15) is 0 Å². The molecule has 3 heteroatoms. The zero-order valence-corrected chi connectivity index (χ0v) is 10.4. The van der Waals surface area contributed by atoms with E-state index in [1.54, 1.807) is 7.11 Å². The van der Waals surface area contributed by atoms with E-state index in [9.17, 15) is 4.79 Å². The summed E-state index contributed by atoms with van der Waals surface area (Å²) in [5, 5.41) is 3.29. The maximum Gasteiger partial charge on any atom is 0.152 e. The van der Waals surface area contributed by atoms with Gasteiger partial charge in [0.2, 0.25) is 0 Å². The molecule has 0 aromatic carbocycles. The van der Waals surface area contributed by atoms with Crippen LogP contribution in [0.2, 0.25) is 0 Å². The molecular formula is C13H23NO2. The third-order valence-electron chi connectivity index (χ3n) is 4.19. The van der Waals surface area contributed by atoms with Gasteiger partial charge in [0.1, 0.15) is 0 Å². The van der Waals surface area contributed by atoms with Gasteiger partial charge < -0.3 is 10.1 Å². The van der Waals surface area contributed by atoms with Crippen LogP contribution < -0.4 is 5.32 Å². The molecule has 0 aromatic heterocycles. The Labute approximate surface area is 97.9 Å². The quantitative estimate of drug-likeness (QED) is 0.795. The van der Waals surface area contributed by atoms with Crippen molar-refractivity contribution in [1.82, 2.24) is 5.32 Å². The first-order chi connectivity index (χ1) is 7.70. The first-order valence-electron chi connectivity index (χ1n) is 6.50. The summed E-state index contributed by atoms with van der Waals surface area (Å²) < 4.78 is 5.28. The minimum Gasteiger partial charge on any atom is -0.380 e. The van der Waals surface area contributed by atoms with Crippen molar-refractivity contribution in [1.29, 1.82) is 0 Å². The summed E-state index contributed by atoms with van der Waals surface area (Å²) >= 11 is 0. The van der Waals surface area contributed by atoms with Crippen LogP contribution in [0.25, 0.3) is 0 Å². The number of carbonyl (C=O) groups is 1. The lowest BCUT2D eigenvalue weighted by molar-refractivity contribution is -0.125. The summed E-state index contributed by atoms with van der Waals surface area (Å²) in [6.45, 7) is 3.12. The summed E-state index contributed by atoms with van der Waals surface area (Å²) in [6.07, 6.45) is 5.72. The van der Waals surface area contributed by atoms with Crippen LogP contribution in [0.5, 0.6) is 0 Å². The Bertz CT molecular complexity index is 242. The fourth-order valence-corrected chi connectivity index (χ4v) is 2.93. The highest BCUT2D eigenvalue weighted by molar-refractivity contribution is 5.86. The van der Waals surface area contributed by atoms with Crippen molar-refractivity contribution < 1.29 is 9.53 Å². The molecule has 16 heavy (non-hydrogen) atoms. The van der Waals surface area contributed by atoms with Crippen molar-refractivity contribution in [2.75, 3.05) is 13.7 Å². The van der Waals surface area contributed by atoms with E-state index >= 15 is 0 Å². The normalized spacial score (nSPS) is 39.9. The Morgan fingerprint density at radius 2 is 1.94 bits per heavy atom. The van der Waals surface area contributed by atoms with Gasteiger partial charge in [-0.1, -0.05) is 19.8 Å². The zero-order chi connectivity index (χ0) is 11.5. The summed E-state index contributed by atoms with van der Waals surface area (Å²) in [5.41, 5.74) is 0. The Hall–Kier alpha value is -0.410. The number of ether oxygens (including phenoxy) is 1. The lowest BCUT2D eigenvalue weighted by atomic mass is 9.79. The average molecular weight is 225 g/mol. The van der Waals surface area contributed by atoms with Gasteiger partial charge >= 0.3 is 0 Å². The zero-order valence-electron chi connectivity index (χ0n) is 10.4. The molecule has 1 aliphatic heterocycles. The second-order valence-corrected chi connectivity index (χ2v) is 5.41. The predicted octanol–water partition coefficient (Wildman–Crippen LogP) is 1.76. The molecule has 0 amide bonds. The van der Waals surface area contributed by atoms with Gasteiger partial charge in [-0.15, -0.1) is 0 Å². The number of methoxy groups -OCH3 is 1. The van der Waals surface area contributed by atoms with Crippen molar-refractivity contribution in [3.63, 3.8) is 0 Å². The molecule has 0 aromatic rings. The molecule has 0 radical (unpaired) electrons. The minimum absolute atomic E-state index is 0.0587. The highest BCUT2D eigenvalue weighted by Crippen LogP contribution is 2.30. The first kappa shape index (κ1) is 12.1. The van der Waals surface area contributed by atoms with E-state index in [1.165, 1.54) is 12.8 Å². The Balaban J connectivity index is 1.83. The second kappa shape index (κ2) is 5.28. The van der Waals surface area contributed by atoms with Crippen molar-refractivity contribution in [3.8, 4) is 0 Å². The molecule has 1 saturated carbocycles. The van der Waals surface area contributed by atoms with Crippen LogP contribution in [0.4, 0.5) is 0 Å². The maximum absolute atomic E-state index is 12.3. The van der Waals surface area contributed by atoms with Crippen molar-refractivity contribution >= 4 is 5.78 Å². The number of nitrogens with one attached hydrogen (secondary N) is 1. The van der Waals surface area contributed by atoms with Crippen molar-refractivity contribution in [2.24, 2.45) is 11.8 Å². The molecule has 1 N–H and O–H groups in total. The standard InChI is InChI=1S/C13H23NO2/c1-9-3-5-10(6-4-9)13(15)12-7-11(16-2)8-14-12/h9-12,14H,3-8H2,1-2H3. The fourth-order valence-electron chi connectivity index (χ4n) is 2.93. The molecule has 2 aliphatic rings. The van der Waals surface area contributed by atoms with Gasteiger partial charge in [-0.05, 0) is 25.2 Å². The lowest BCUT2D eigenvalue weighted by Crippen LogP contribution is -2.37. The van der Waals surface area contributed by atoms with Gasteiger partial charge in [0, 0.05) is 19.6 Å². The van der Waals surface area contributed by atoms with E-state index in [-0.39, 0.29) is 12.1 Å². The van der Waals surface area contributed by atoms with Crippen LogP contribution in [-0.2, 0) is 9.53 Å².